The van der Waals surface area contributed by atoms with E-state index >= 15 is 0 Å². The van der Waals surface area contributed by atoms with Gasteiger partial charge in [0, 0.05) is 34.6 Å². The van der Waals surface area contributed by atoms with Gasteiger partial charge < -0.3 is 15.5 Å². The third-order valence-corrected chi connectivity index (χ3v) is 6.16. The number of fused-ring (bicyclic) bond motifs is 1. The quantitative estimate of drug-likeness (QED) is 0.448. The largest absolute Gasteiger partial charge is 0.361 e. The molecule has 33 heavy (non-hydrogen) atoms. The number of nitrogens with one attached hydrogen (secondary N) is 2. The first-order chi connectivity index (χ1) is 16.0. The van der Waals surface area contributed by atoms with Crippen molar-refractivity contribution in [1.82, 2.24) is 4.90 Å². The van der Waals surface area contributed by atoms with Crippen LogP contribution >= 0.6 is 0 Å². The predicted octanol–water partition coefficient (Wildman–Crippen LogP) is 6.04. The standard InChI is InChI=1S/C28H31N3O2/c1-4-17-31-26(29-22-12-7-19(5-2)8-13-22)24-16-11-21(18-25(24)28(31)33)27(32)30-23-14-9-20(6-3)10-15-23/h7-16,18,26,29H,4-6,17H2,1-3H3,(H,30,32)/t26-/m1/s1. The SMILES string of the molecule is CCCN1C(=O)c2cc(C(=O)Nc3ccc(CC)cc3)ccc2[C@@H]1Nc1ccc(CC)cc1. The highest BCUT2D eigenvalue weighted by Crippen LogP contribution is 2.35. The van der Waals surface area contributed by atoms with E-state index in [0.29, 0.717) is 17.7 Å². The molecule has 3 aromatic rings. The van der Waals surface area contributed by atoms with Gasteiger partial charge in [0.2, 0.25) is 0 Å². The lowest BCUT2D eigenvalue weighted by atomic mass is 10.0. The van der Waals surface area contributed by atoms with Crippen LogP contribution in [0.2, 0.25) is 0 Å². The molecule has 1 aliphatic heterocycles. The van der Waals surface area contributed by atoms with E-state index in [2.05, 4.69) is 55.7 Å². The smallest absolute Gasteiger partial charge is 0.256 e. The average molecular weight is 442 g/mol. The molecule has 2 amide bonds. The lowest BCUT2D eigenvalue weighted by Crippen LogP contribution is -2.32. The Morgan fingerprint density at radius 3 is 2.03 bits per heavy atom. The highest BCUT2D eigenvalue weighted by atomic mass is 16.2. The Balaban J connectivity index is 1.58. The van der Waals surface area contributed by atoms with Crippen LogP contribution in [0.15, 0.2) is 66.7 Å². The fourth-order valence-electron chi connectivity index (χ4n) is 4.21. The van der Waals surface area contributed by atoms with Crippen molar-refractivity contribution in [2.45, 2.75) is 46.2 Å². The van der Waals surface area contributed by atoms with E-state index < -0.39 is 0 Å². The molecule has 1 atom stereocenters. The molecule has 0 spiro atoms. The zero-order valence-corrected chi connectivity index (χ0v) is 19.5. The number of benzene rings is 3. The topological polar surface area (TPSA) is 61.4 Å². The molecule has 0 unspecified atom stereocenters. The lowest BCUT2D eigenvalue weighted by molar-refractivity contribution is 0.0743. The van der Waals surface area contributed by atoms with Crippen molar-refractivity contribution in [2.75, 3.05) is 17.2 Å². The third kappa shape index (κ3) is 4.77. The second kappa shape index (κ2) is 9.90. The van der Waals surface area contributed by atoms with Crippen molar-refractivity contribution in [2.24, 2.45) is 0 Å². The predicted molar refractivity (Wildman–Crippen MR) is 134 cm³/mol. The molecule has 0 saturated heterocycles. The maximum Gasteiger partial charge on any atom is 0.256 e. The van der Waals surface area contributed by atoms with Gasteiger partial charge in [0.05, 0.1) is 0 Å². The summed E-state index contributed by atoms with van der Waals surface area (Å²) in [6.07, 6.45) is 2.54. The van der Waals surface area contributed by atoms with Crippen molar-refractivity contribution in [3.8, 4) is 0 Å². The highest BCUT2D eigenvalue weighted by molar-refractivity contribution is 6.07. The summed E-state index contributed by atoms with van der Waals surface area (Å²) in [5.74, 6) is -0.264. The molecule has 0 radical (unpaired) electrons. The van der Waals surface area contributed by atoms with Crippen LogP contribution in [-0.2, 0) is 12.8 Å². The summed E-state index contributed by atoms with van der Waals surface area (Å²) in [6, 6.07) is 21.6. The van der Waals surface area contributed by atoms with Gasteiger partial charge in [-0.2, -0.15) is 0 Å². The molecule has 1 heterocycles. The Hall–Kier alpha value is -3.60. The molecule has 5 heteroatoms. The van der Waals surface area contributed by atoms with Crippen LogP contribution in [0.5, 0.6) is 0 Å². The number of hydrogen-bond donors (Lipinski definition) is 2. The molecule has 0 saturated carbocycles. The number of hydrogen-bond acceptors (Lipinski definition) is 3. The summed E-state index contributed by atoms with van der Waals surface area (Å²) >= 11 is 0. The van der Waals surface area contributed by atoms with E-state index in [-0.39, 0.29) is 18.0 Å². The lowest BCUT2D eigenvalue weighted by Gasteiger charge is -2.26. The van der Waals surface area contributed by atoms with Gasteiger partial charge in [0.25, 0.3) is 11.8 Å². The summed E-state index contributed by atoms with van der Waals surface area (Å²) in [6.45, 7) is 6.93. The molecule has 5 nitrogen and oxygen atoms in total. The van der Waals surface area contributed by atoms with Crippen LogP contribution in [0.3, 0.4) is 0 Å². The molecule has 0 aromatic heterocycles. The van der Waals surface area contributed by atoms with E-state index in [0.717, 1.165) is 36.2 Å². The van der Waals surface area contributed by atoms with Gasteiger partial charge in [-0.25, -0.2) is 0 Å². The molecular weight excluding hydrogens is 410 g/mol. The third-order valence-electron chi connectivity index (χ3n) is 6.16. The van der Waals surface area contributed by atoms with E-state index in [1.54, 1.807) is 12.1 Å². The average Bonchev–Trinajstić information content (AvgIpc) is 3.10. The Labute approximate surface area is 195 Å². The highest BCUT2D eigenvalue weighted by Gasteiger charge is 2.36. The summed E-state index contributed by atoms with van der Waals surface area (Å²) in [7, 11) is 0. The van der Waals surface area contributed by atoms with Crippen molar-refractivity contribution in [3.63, 3.8) is 0 Å². The van der Waals surface area contributed by atoms with Gasteiger partial charge in [-0.15, -0.1) is 0 Å². The summed E-state index contributed by atoms with van der Waals surface area (Å²) in [5.41, 5.74) is 6.16. The zero-order chi connectivity index (χ0) is 23.4. The van der Waals surface area contributed by atoms with Crippen molar-refractivity contribution in [3.05, 3.63) is 94.5 Å². The molecule has 170 valence electrons. The van der Waals surface area contributed by atoms with Crippen LogP contribution in [0.25, 0.3) is 0 Å². The minimum Gasteiger partial charge on any atom is -0.361 e. The summed E-state index contributed by atoms with van der Waals surface area (Å²) in [4.78, 5) is 28.0. The molecule has 0 fully saturated rings. The molecule has 4 rings (SSSR count). The van der Waals surface area contributed by atoms with Gasteiger partial charge in [0.15, 0.2) is 0 Å². The van der Waals surface area contributed by atoms with Gasteiger partial charge in [0.1, 0.15) is 6.17 Å². The number of carbonyl (C=O) groups excluding carboxylic acids is 2. The molecular formula is C28H31N3O2. The molecule has 0 aliphatic carbocycles. The van der Waals surface area contributed by atoms with E-state index in [1.807, 2.05) is 35.2 Å². The summed E-state index contributed by atoms with van der Waals surface area (Å²) in [5, 5.41) is 6.45. The van der Waals surface area contributed by atoms with Crippen molar-refractivity contribution >= 4 is 23.2 Å². The first kappa shape index (κ1) is 22.6. The molecule has 1 aliphatic rings. The Kier molecular flexibility index (Phi) is 6.78. The fraction of sp³-hybridized carbons (Fsp3) is 0.286. The van der Waals surface area contributed by atoms with Gasteiger partial charge in [-0.05, 0) is 66.8 Å². The number of aryl methyl sites for hydroxylation is 2. The number of anilines is 2. The summed E-state index contributed by atoms with van der Waals surface area (Å²) < 4.78 is 0. The van der Waals surface area contributed by atoms with Crippen LogP contribution in [-0.4, -0.2) is 23.3 Å². The zero-order valence-electron chi connectivity index (χ0n) is 19.5. The maximum absolute atomic E-state index is 13.2. The van der Waals surface area contributed by atoms with Crippen molar-refractivity contribution < 1.29 is 9.59 Å². The van der Waals surface area contributed by atoms with Gasteiger partial charge in [-0.1, -0.05) is 51.1 Å². The number of amides is 2. The van der Waals surface area contributed by atoms with Crippen LogP contribution in [0, 0.1) is 0 Å². The van der Waals surface area contributed by atoms with E-state index in [1.165, 1.54) is 11.1 Å². The van der Waals surface area contributed by atoms with Crippen LogP contribution in [0.1, 0.15) is 70.8 Å². The minimum absolute atomic E-state index is 0.0449. The Morgan fingerprint density at radius 1 is 0.848 bits per heavy atom. The molecule has 3 aromatic carbocycles. The van der Waals surface area contributed by atoms with Gasteiger partial charge in [-0.3, -0.25) is 9.59 Å². The van der Waals surface area contributed by atoms with Crippen LogP contribution < -0.4 is 10.6 Å². The Morgan fingerprint density at radius 2 is 1.45 bits per heavy atom. The first-order valence-electron chi connectivity index (χ1n) is 11.7. The van der Waals surface area contributed by atoms with Crippen molar-refractivity contribution in [1.29, 1.82) is 0 Å². The number of carbonyl (C=O) groups is 2. The normalized spacial score (nSPS) is 14.8. The second-order valence-corrected chi connectivity index (χ2v) is 8.40. The first-order valence-corrected chi connectivity index (χ1v) is 11.7. The van der Waals surface area contributed by atoms with Gasteiger partial charge >= 0.3 is 0 Å². The fourth-order valence-corrected chi connectivity index (χ4v) is 4.21. The van der Waals surface area contributed by atoms with E-state index in [9.17, 15) is 9.59 Å². The second-order valence-electron chi connectivity index (χ2n) is 8.40. The molecule has 0 bridgehead atoms. The van der Waals surface area contributed by atoms with E-state index in [4.69, 9.17) is 0 Å². The molecule has 2 N–H and O–H groups in total. The monoisotopic (exact) mass is 441 g/mol. The Bertz CT molecular complexity index is 1140. The number of nitrogens with zero attached hydrogens (tertiary/aromatic N) is 1. The minimum atomic E-state index is -0.251. The van der Waals surface area contributed by atoms with Crippen LogP contribution in [0.4, 0.5) is 11.4 Å². The maximum atomic E-state index is 13.2. The number of rotatable bonds is 8.